The fraction of sp³-hybridized carbons (Fsp3) is 0.591. The molecule has 1 fully saturated rings. The molecule has 3 atom stereocenters. The number of piperidine rings is 1. The van der Waals surface area contributed by atoms with Gasteiger partial charge in [-0.05, 0) is 50.7 Å². The van der Waals surface area contributed by atoms with E-state index in [1.165, 1.54) is 6.07 Å². The average molecular weight is 440 g/mol. The summed E-state index contributed by atoms with van der Waals surface area (Å²) in [6, 6.07) is 1.90. The first-order valence-corrected chi connectivity index (χ1v) is 10.6. The molecule has 0 radical (unpaired) electrons. The molecule has 3 amide bonds. The molecular formula is C22H31F2N3O4. The van der Waals surface area contributed by atoms with Crippen LogP contribution in [0.1, 0.15) is 50.9 Å². The number of halogens is 2. The maximum absolute atomic E-state index is 13.9. The molecule has 2 N–H and O–H groups in total. The van der Waals surface area contributed by atoms with Gasteiger partial charge in [-0.2, -0.15) is 0 Å². The minimum Gasteiger partial charge on any atom is -0.450 e. The second-order valence-corrected chi connectivity index (χ2v) is 8.14. The maximum atomic E-state index is 13.9. The molecule has 3 unspecified atom stereocenters. The average Bonchev–Trinajstić information content (AvgIpc) is 2.71. The van der Waals surface area contributed by atoms with Crippen LogP contribution >= 0.6 is 0 Å². The Morgan fingerprint density at radius 2 is 1.81 bits per heavy atom. The van der Waals surface area contributed by atoms with E-state index in [1.807, 2.05) is 6.92 Å². The largest absolute Gasteiger partial charge is 0.450 e. The van der Waals surface area contributed by atoms with Gasteiger partial charge in [0.2, 0.25) is 5.91 Å². The van der Waals surface area contributed by atoms with Crippen LogP contribution in [-0.2, 0) is 9.53 Å². The third-order valence-electron chi connectivity index (χ3n) is 5.49. The van der Waals surface area contributed by atoms with Crippen molar-refractivity contribution in [3.8, 4) is 0 Å². The number of carbonyl (C=O) groups excluding carboxylic acids is 3. The number of amides is 3. The lowest BCUT2D eigenvalue weighted by molar-refractivity contribution is -0.125. The highest BCUT2D eigenvalue weighted by Crippen LogP contribution is 2.21. The zero-order valence-electron chi connectivity index (χ0n) is 18.4. The lowest BCUT2D eigenvalue weighted by Crippen LogP contribution is -2.54. The third kappa shape index (κ3) is 6.38. The van der Waals surface area contributed by atoms with E-state index in [0.717, 1.165) is 25.0 Å². The molecule has 31 heavy (non-hydrogen) atoms. The summed E-state index contributed by atoms with van der Waals surface area (Å²) in [4.78, 5) is 38.9. The molecule has 0 saturated carbocycles. The molecule has 1 aromatic carbocycles. The summed E-state index contributed by atoms with van der Waals surface area (Å²) >= 11 is 0. The number of nitrogens with zero attached hydrogens (tertiary/aromatic N) is 1. The highest BCUT2D eigenvalue weighted by molar-refractivity contribution is 5.98. The fourth-order valence-corrected chi connectivity index (χ4v) is 3.69. The Balaban J connectivity index is 2.03. The summed E-state index contributed by atoms with van der Waals surface area (Å²) in [5.41, 5.74) is -0.716. The van der Waals surface area contributed by atoms with E-state index in [9.17, 15) is 23.2 Å². The van der Waals surface area contributed by atoms with Crippen molar-refractivity contribution >= 4 is 17.9 Å². The van der Waals surface area contributed by atoms with Crippen LogP contribution in [0.15, 0.2) is 18.2 Å². The van der Waals surface area contributed by atoms with E-state index >= 15 is 0 Å². The molecule has 0 aromatic heterocycles. The van der Waals surface area contributed by atoms with E-state index in [2.05, 4.69) is 10.6 Å². The van der Waals surface area contributed by atoms with Gasteiger partial charge in [0.25, 0.3) is 5.91 Å². The van der Waals surface area contributed by atoms with E-state index < -0.39 is 35.1 Å². The number of rotatable bonds is 7. The van der Waals surface area contributed by atoms with Gasteiger partial charge in [0, 0.05) is 19.1 Å². The molecule has 2 rings (SSSR count). The number of likely N-dealkylation sites (tertiary alicyclic amines) is 1. The Labute approximate surface area is 181 Å². The van der Waals surface area contributed by atoms with Crippen molar-refractivity contribution in [3.63, 3.8) is 0 Å². The highest BCUT2D eigenvalue weighted by atomic mass is 19.1. The molecule has 0 aliphatic carbocycles. The van der Waals surface area contributed by atoms with Crippen LogP contribution in [0.25, 0.3) is 0 Å². The second kappa shape index (κ2) is 11.1. The van der Waals surface area contributed by atoms with Crippen molar-refractivity contribution in [2.24, 2.45) is 11.8 Å². The smallest absolute Gasteiger partial charge is 0.409 e. The van der Waals surface area contributed by atoms with Crippen molar-refractivity contribution in [2.45, 2.75) is 52.6 Å². The van der Waals surface area contributed by atoms with Crippen LogP contribution < -0.4 is 10.6 Å². The van der Waals surface area contributed by atoms with Crippen molar-refractivity contribution < 1.29 is 27.9 Å². The summed E-state index contributed by atoms with van der Waals surface area (Å²) in [5, 5.41) is 5.34. The van der Waals surface area contributed by atoms with E-state index in [4.69, 9.17) is 4.74 Å². The quantitative estimate of drug-likeness (QED) is 0.684. The first-order valence-electron chi connectivity index (χ1n) is 10.6. The summed E-state index contributed by atoms with van der Waals surface area (Å²) in [7, 11) is 0. The molecular weight excluding hydrogens is 408 g/mol. The predicted molar refractivity (Wildman–Crippen MR) is 111 cm³/mol. The molecule has 1 aromatic rings. The number of benzene rings is 1. The zero-order valence-corrected chi connectivity index (χ0v) is 18.4. The van der Waals surface area contributed by atoms with Gasteiger partial charge in [0.1, 0.15) is 23.2 Å². The van der Waals surface area contributed by atoms with E-state index in [-0.39, 0.29) is 24.0 Å². The fourth-order valence-electron chi connectivity index (χ4n) is 3.69. The minimum atomic E-state index is -0.991. The summed E-state index contributed by atoms with van der Waals surface area (Å²) in [6.45, 7) is 8.41. The number of carbonyl (C=O) groups is 3. The van der Waals surface area contributed by atoms with Crippen LogP contribution in [0.5, 0.6) is 0 Å². The van der Waals surface area contributed by atoms with Gasteiger partial charge in [0.15, 0.2) is 0 Å². The molecule has 0 bridgehead atoms. The molecule has 1 saturated heterocycles. The molecule has 0 spiro atoms. The highest BCUT2D eigenvalue weighted by Gasteiger charge is 2.32. The molecule has 1 aliphatic heterocycles. The van der Waals surface area contributed by atoms with Crippen LogP contribution in [0.4, 0.5) is 13.6 Å². The number of hydrogen-bond donors (Lipinski definition) is 2. The van der Waals surface area contributed by atoms with Gasteiger partial charge < -0.3 is 20.3 Å². The molecule has 1 heterocycles. The minimum absolute atomic E-state index is 0.0228. The van der Waals surface area contributed by atoms with Gasteiger partial charge in [-0.15, -0.1) is 0 Å². The Bertz CT molecular complexity index is 783. The van der Waals surface area contributed by atoms with Gasteiger partial charge in [-0.1, -0.05) is 19.9 Å². The molecule has 9 heteroatoms. The van der Waals surface area contributed by atoms with Crippen molar-refractivity contribution in [2.75, 3.05) is 19.7 Å². The zero-order chi connectivity index (χ0) is 23.1. The summed E-state index contributed by atoms with van der Waals surface area (Å²) < 4.78 is 32.9. The monoisotopic (exact) mass is 439 g/mol. The topological polar surface area (TPSA) is 87.7 Å². The SMILES string of the molecule is CCOC(=O)N1CCCC(C(C)NC(=O)C(NC(=O)c2c(F)cccc2F)C(C)C)C1. The number of hydrogen-bond acceptors (Lipinski definition) is 4. The Kier molecular flexibility index (Phi) is 8.76. The predicted octanol–water partition coefficient (Wildman–Crippen LogP) is 3.09. The van der Waals surface area contributed by atoms with Gasteiger partial charge >= 0.3 is 6.09 Å². The summed E-state index contributed by atoms with van der Waals surface area (Å²) in [5.74, 6) is -3.70. The molecule has 7 nitrogen and oxygen atoms in total. The van der Waals surface area contributed by atoms with Crippen LogP contribution in [-0.4, -0.2) is 54.6 Å². The van der Waals surface area contributed by atoms with E-state index in [1.54, 1.807) is 25.7 Å². The lowest BCUT2D eigenvalue weighted by Gasteiger charge is -2.36. The van der Waals surface area contributed by atoms with Gasteiger partial charge in [-0.3, -0.25) is 9.59 Å². The number of ether oxygens (including phenoxy) is 1. The Morgan fingerprint density at radius 1 is 1.16 bits per heavy atom. The van der Waals surface area contributed by atoms with Crippen molar-refractivity contribution in [3.05, 3.63) is 35.4 Å². The first kappa shape index (κ1) is 24.6. The van der Waals surface area contributed by atoms with Gasteiger partial charge in [0.05, 0.1) is 6.61 Å². The van der Waals surface area contributed by atoms with E-state index in [0.29, 0.717) is 19.7 Å². The first-order chi connectivity index (χ1) is 14.6. The number of nitrogens with one attached hydrogen (secondary N) is 2. The Hall–Kier alpha value is -2.71. The third-order valence-corrected chi connectivity index (χ3v) is 5.49. The van der Waals surface area contributed by atoms with Crippen LogP contribution in [0, 0.1) is 23.5 Å². The standard InChI is InChI=1S/C22H31F2N3O4/c1-5-31-22(30)27-11-7-8-15(12-27)14(4)25-21(29)19(13(2)3)26-20(28)18-16(23)9-6-10-17(18)24/h6,9-10,13-15,19H,5,7-8,11-12H2,1-4H3,(H,25,29)(H,26,28). The van der Waals surface area contributed by atoms with Crippen molar-refractivity contribution in [1.82, 2.24) is 15.5 Å². The normalized spacial score (nSPS) is 18.3. The second-order valence-electron chi connectivity index (χ2n) is 8.14. The van der Waals surface area contributed by atoms with Gasteiger partial charge in [-0.25, -0.2) is 13.6 Å². The summed E-state index contributed by atoms with van der Waals surface area (Å²) in [6.07, 6.45) is 1.25. The van der Waals surface area contributed by atoms with Crippen molar-refractivity contribution in [1.29, 1.82) is 0 Å². The van der Waals surface area contributed by atoms with Crippen LogP contribution in [0.2, 0.25) is 0 Å². The lowest BCUT2D eigenvalue weighted by atomic mass is 9.91. The molecule has 1 aliphatic rings. The van der Waals surface area contributed by atoms with Crippen LogP contribution in [0.3, 0.4) is 0 Å². The molecule has 172 valence electrons. The Morgan fingerprint density at radius 3 is 2.39 bits per heavy atom. The maximum Gasteiger partial charge on any atom is 0.409 e.